The zero-order chi connectivity index (χ0) is 10.8. The third kappa shape index (κ3) is 2.01. The van der Waals surface area contributed by atoms with Crippen molar-refractivity contribution in [1.82, 2.24) is 4.98 Å². The molecule has 0 radical (unpaired) electrons. The monoisotopic (exact) mass is 218 g/mol. The summed E-state index contributed by atoms with van der Waals surface area (Å²) < 4.78 is 24.8. The summed E-state index contributed by atoms with van der Waals surface area (Å²) >= 11 is 3.05. The molecule has 0 unspecified atom stereocenters. The first-order chi connectivity index (χ1) is 6.38. The molecule has 0 aliphatic rings. The normalized spacial score (nSPS) is 14.5. The first kappa shape index (κ1) is 4.87. The molecule has 3 nitrogen and oxygen atoms in total. The summed E-state index contributed by atoms with van der Waals surface area (Å²) in [5.41, 5.74) is 0.142. The zero-order valence-corrected chi connectivity index (χ0v) is 6.96. The summed E-state index contributed by atoms with van der Waals surface area (Å²) in [6.45, 7) is 0. The van der Waals surface area contributed by atoms with Crippen LogP contribution in [0.25, 0.3) is 0 Å². The number of rotatable bonds is 1. The number of hydrogen-bond acceptors (Lipinski definition) is 3. The van der Waals surface area contributed by atoms with Crippen molar-refractivity contribution in [2.75, 3.05) is 7.04 Å². The lowest BCUT2D eigenvalue weighted by Gasteiger charge is -1.97. The van der Waals surface area contributed by atoms with Crippen LogP contribution in [0.3, 0.4) is 0 Å². The van der Waals surface area contributed by atoms with Gasteiger partial charge in [0.2, 0.25) is 0 Å². The van der Waals surface area contributed by atoms with Crippen molar-refractivity contribution in [2.24, 2.45) is 0 Å². The second-order valence-corrected chi connectivity index (χ2v) is 2.57. The molecule has 0 spiro atoms. The van der Waals surface area contributed by atoms with E-state index < -0.39 is 13.0 Å². The highest BCUT2D eigenvalue weighted by atomic mass is 79.9. The molecule has 0 N–H and O–H groups in total. The summed E-state index contributed by atoms with van der Waals surface area (Å²) in [6.07, 6.45) is 1.38. The van der Waals surface area contributed by atoms with Gasteiger partial charge in [0.05, 0.1) is 16.7 Å². The van der Waals surface area contributed by atoms with Gasteiger partial charge in [-0.05, 0) is 28.1 Å². The molecule has 0 amide bonds. The van der Waals surface area contributed by atoms with Crippen LogP contribution in [-0.4, -0.2) is 18.0 Å². The number of carbonyl (C=O) groups is 1. The van der Waals surface area contributed by atoms with Crippen LogP contribution in [-0.2, 0) is 4.74 Å². The number of halogens is 1. The maximum atomic E-state index is 11.2. The van der Waals surface area contributed by atoms with Gasteiger partial charge in [-0.2, -0.15) is 0 Å². The fraction of sp³-hybridized carbons (Fsp3) is 0.143. The van der Waals surface area contributed by atoms with Crippen LogP contribution in [0.15, 0.2) is 22.9 Å². The highest BCUT2D eigenvalue weighted by molar-refractivity contribution is 9.10. The van der Waals surface area contributed by atoms with Crippen LogP contribution < -0.4 is 0 Å². The van der Waals surface area contributed by atoms with Crippen LogP contribution in [0.1, 0.15) is 14.5 Å². The van der Waals surface area contributed by atoms with Crippen LogP contribution in [0.5, 0.6) is 0 Å². The summed E-state index contributed by atoms with van der Waals surface area (Å²) in [6, 6.07) is 2.76. The van der Waals surface area contributed by atoms with Gasteiger partial charge >= 0.3 is 5.97 Å². The third-order valence-corrected chi connectivity index (χ3v) is 1.49. The molecule has 0 aromatic carbocycles. The maximum Gasteiger partial charge on any atom is 0.337 e. The van der Waals surface area contributed by atoms with Gasteiger partial charge in [0.15, 0.2) is 0 Å². The predicted molar refractivity (Wildman–Crippen MR) is 43.3 cm³/mol. The molecule has 0 fully saturated rings. The zero-order valence-electron chi connectivity index (χ0n) is 8.37. The average Bonchev–Trinajstić information content (AvgIpc) is 2.01. The van der Waals surface area contributed by atoms with E-state index in [4.69, 9.17) is 4.11 Å². The van der Waals surface area contributed by atoms with Crippen molar-refractivity contribution >= 4 is 21.9 Å². The second kappa shape index (κ2) is 3.48. The Labute approximate surface area is 76.7 Å². The molecule has 1 rings (SSSR count). The van der Waals surface area contributed by atoms with E-state index in [0.29, 0.717) is 4.60 Å². The summed E-state index contributed by atoms with van der Waals surface area (Å²) in [7, 11) is -2.72. The fourth-order valence-corrected chi connectivity index (χ4v) is 0.953. The van der Waals surface area contributed by atoms with Crippen LogP contribution in [0, 0.1) is 0 Å². The lowest BCUT2D eigenvalue weighted by Crippen LogP contribution is -2.00. The van der Waals surface area contributed by atoms with Gasteiger partial charge in [0.1, 0.15) is 4.60 Å². The molecule has 0 aliphatic carbocycles. The van der Waals surface area contributed by atoms with Gasteiger partial charge in [-0.3, -0.25) is 0 Å². The summed E-state index contributed by atoms with van der Waals surface area (Å²) in [5.74, 6) is -0.895. The Morgan fingerprint density at radius 3 is 3.36 bits per heavy atom. The number of carbonyl (C=O) groups excluding carboxylic acids is 1. The maximum absolute atomic E-state index is 11.2. The van der Waals surface area contributed by atoms with Crippen molar-refractivity contribution in [3.8, 4) is 0 Å². The minimum absolute atomic E-state index is 0.142. The molecular formula is C7H6BrNO2. The molecule has 11 heavy (non-hydrogen) atoms. The number of ether oxygens (including phenoxy) is 1. The molecule has 58 valence electrons. The van der Waals surface area contributed by atoms with E-state index in [1.807, 2.05) is 0 Å². The molecule has 0 atom stereocenters. The first-order valence-electron chi connectivity index (χ1n) is 4.23. The van der Waals surface area contributed by atoms with Gasteiger partial charge in [0, 0.05) is 6.20 Å². The summed E-state index contributed by atoms with van der Waals surface area (Å²) in [5, 5.41) is 0. The summed E-state index contributed by atoms with van der Waals surface area (Å²) in [4.78, 5) is 15.0. The number of pyridine rings is 1. The Morgan fingerprint density at radius 2 is 2.73 bits per heavy atom. The van der Waals surface area contributed by atoms with Crippen LogP contribution in [0.2, 0.25) is 0 Å². The lowest BCUT2D eigenvalue weighted by atomic mass is 10.3. The largest absolute Gasteiger partial charge is 0.465 e. The van der Waals surface area contributed by atoms with E-state index in [9.17, 15) is 4.79 Å². The minimum Gasteiger partial charge on any atom is -0.465 e. The van der Waals surface area contributed by atoms with Crippen molar-refractivity contribution in [3.63, 3.8) is 0 Å². The molecular weight excluding hydrogens is 210 g/mol. The topological polar surface area (TPSA) is 39.2 Å². The average molecular weight is 219 g/mol. The Kier molecular flexibility index (Phi) is 1.54. The second-order valence-electron chi connectivity index (χ2n) is 1.76. The Balaban J connectivity index is 2.80. The van der Waals surface area contributed by atoms with Gasteiger partial charge < -0.3 is 4.74 Å². The molecule has 0 saturated heterocycles. The number of hydrogen-bond donors (Lipinski definition) is 0. The molecule has 0 bridgehead atoms. The Morgan fingerprint density at radius 1 is 1.91 bits per heavy atom. The number of aromatic nitrogens is 1. The van der Waals surface area contributed by atoms with E-state index in [1.54, 1.807) is 0 Å². The fourth-order valence-electron chi connectivity index (χ4n) is 0.588. The van der Waals surface area contributed by atoms with E-state index in [2.05, 4.69) is 25.7 Å². The lowest BCUT2D eigenvalue weighted by molar-refractivity contribution is 0.0600. The minimum atomic E-state index is -2.72. The van der Waals surface area contributed by atoms with E-state index in [-0.39, 0.29) is 5.56 Å². The molecule has 1 heterocycles. The SMILES string of the molecule is [2H]C([2H])([2H])OC(=O)c1ccnc(Br)c1. The van der Waals surface area contributed by atoms with Crippen LogP contribution >= 0.6 is 15.9 Å². The molecule has 0 saturated carbocycles. The predicted octanol–water partition coefficient (Wildman–Crippen LogP) is 1.63. The number of methoxy groups -OCH3 is 1. The highest BCUT2D eigenvalue weighted by Crippen LogP contribution is 2.08. The van der Waals surface area contributed by atoms with Gasteiger partial charge in [-0.1, -0.05) is 0 Å². The van der Waals surface area contributed by atoms with Crippen LogP contribution in [0.4, 0.5) is 0 Å². The molecule has 1 aromatic heterocycles. The molecule has 1 aromatic rings. The Bertz CT molecular complexity index is 353. The standard InChI is InChI=1S/C7H6BrNO2/c1-11-7(10)5-2-3-9-6(8)4-5/h2-4H,1H3/i1D3. The number of nitrogens with zero attached hydrogens (tertiary/aromatic N) is 1. The molecule has 0 aliphatic heterocycles. The number of esters is 1. The van der Waals surface area contributed by atoms with Crippen molar-refractivity contribution in [2.45, 2.75) is 0 Å². The van der Waals surface area contributed by atoms with Gasteiger partial charge in [0.25, 0.3) is 0 Å². The Hall–Kier alpha value is -0.900. The first-order valence-corrected chi connectivity index (χ1v) is 3.53. The van der Waals surface area contributed by atoms with E-state index in [0.717, 1.165) is 0 Å². The van der Waals surface area contributed by atoms with Crippen molar-refractivity contribution < 1.29 is 13.6 Å². The van der Waals surface area contributed by atoms with E-state index in [1.165, 1.54) is 18.3 Å². The smallest absolute Gasteiger partial charge is 0.337 e. The van der Waals surface area contributed by atoms with Crippen molar-refractivity contribution in [3.05, 3.63) is 28.5 Å². The van der Waals surface area contributed by atoms with Gasteiger partial charge in [-0.25, -0.2) is 9.78 Å². The van der Waals surface area contributed by atoms with E-state index >= 15 is 0 Å². The third-order valence-electron chi connectivity index (χ3n) is 1.05. The van der Waals surface area contributed by atoms with Gasteiger partial charge in [-0.15, -0.1) is 0 Å². The van der Waals surface area contributed by atoms with Crippen molar-refractivity contribution in [1.29, 1.82) is 0 Å². The molecule has 4 heteroatoms. The highest BCUT2D eigenvalue weighted by Gasteiger charge is 2.03. The quantitative estimate of drug-likeness (QED) is 0.532.